The highest BCUT2D eigenvalue weighted by Gasteiger charge is 2.30. The Bertz CT molecular complexity index is 626. The first-order chi connectivity index (χ1) is 9.98. The Kier molecular flexibility index (Phi) is 4.33. The molecule has 1 amide bonds. The number of hydrogen-bond acceptors (Lipinski definition) is 2. The predicted molar refractivity (Wildman–Crippen MR) is 74.7 cm³/mol. The molecule has 0 aliphatic rings. The molecule has 2 rings (SSSR count). The molecule has 1 atom stereocenters. The summed E-state index contributed by atoms with van der Waals surface area (Å²) >= 11 is 0. The van der Waals surface area contributed by atoms with E-state index in [9.17, 15) is 18.7 Å². The van der Waals surface area contributed by atoms with E-state index in [4.69, 9.17) is 0 Å². The number of halogens is 2. The van der Waals surface area contributed by atoms with Gasteiger partial charge in [0.05, 0.1) is 12.1 Å². The second-order valence-electron chi connectivity index (χ2n) is 4.91. The van der Waals surface area contributed by atoms with Gasteiger partial charge >= 0.3 is 0 Å². The Morgan fingerprint density at radius 2 is 1.67 bits per heavy atom. The van der Waals surface area contributed by atoms with Gasteiger partial charge in [-0.15, -0.1) is 0 Å². The van der Waals surface area contributed by atoms with Crippen LogP contribution in [-0.2, 0) is 5.54 Å². The molecule has 0 aliphatic carbocycles. The van der Waals surface area contributed by atoms with E-state index in [-0.39, 0.29) is 0 Å². The van der Waals surface area contributed by atoms with Crippen molar-refractivity contribution in [3.63, 3.8) is 0 Å². The topological polar surface area (TPSA) is 49.3 Å². The van der Waals surface area contributed by atoms with Crippen LogP contribution in [0.3, 0.4) is 0 Å². The first-order valence-electron chi connectivity index (χ1n) is 6.41. The fourth-order valence-corrected chi connectivity index (χ4v) is 2.04. The van der Waals surface area contributed by atoms with Crippen LogP contribution in [0.25, 0.3) is 0 Å². The van der Waals surface area contributed by atoms with Gasteiger partial charge in [0, 0.05) is 0 Å². The minimum absolute atomic E-state index is 0.404. The number of benzene rings is 2. The van der Waals surface area contributed by atoms with Crippen LogP contribution < -0.4 is 5.32 Å². The Morgan fingerprint density at radius 1 is 1.10 bits per heavy atom. The average Bonchev–Trinajstić information content (AvgIpc) is 2.48. The minimum atomic E-state index is -1.13. The third kappa shape index (κ3) is 3.08. The summed E-state index contributed by atoms with van der Waals surface area (Å²) in [4.78, 5) is 12.1. The molecule has 0 saturated heterocycles. The lowest BCUT2D eigenvalue weighted by atomic mass is 9.92. The molecule has 0 aromatic heterocycles. The highest BCUT2D eigenvalue weighted by Crippen LogP contribution is 2.21. The molecule has 1 unspecified atom stereocenters. The van der Waals surface area contributed by atoms with Crippen LogP contribution in [-0.4, -0.2) is 17.6 Å². The first kappa shape index (κ1) is 15.1. The number of carbonyl (C=O) groups excluding carboxylic acids is 1. The Morgan fingerprint density at radius 3 is 2.19 bits per heavy atom. The fraction of sp³-hybridized carbons (Fsp3) is 0.188. The fourth-order valence-electron chi connectivity index (χ4n) is 2.04. The van der Waals surface area contributed by atoms with Gasteiger partial charge in [0.25, 0.3) is 5.91 Å². The molecule has 2 aromatic carbocycles. The highest BCUT2D eigenvalue weighted by atomic mass is 19.1. The van der Waals surface area contributed by atoms with Crippen molar-refractivity contribution >= 4 is 5.91 Å². The first-order valence-corrected chi connectivity index (χ1v) is 6.41. The maximum Gasteiger partial charge on any atom is 0.258 e. The van der Waals surface area contributed by atoms with Crippen molar-refractivity contribution in [1.82, 2.24) is 5.32 Å². The van der Waals surface area contributed by atoms with E-state index in [0.29, 0.717) is 5.56 Å². The van der Waals surface area contributed by atoms with E-state index < -0.39 is 35.3 Å². The molecule has 0 radical (unpaired) electrons. The Labute approximate surface area is 121 Å². The molecular weight excluding hydrogens is 276 g/mol. The summed E-state index contributed by atoms with van der Waals surface area (Å²) in [5.74, 6) is -2.80. The van der Waals surface area contributed by atoms with Crippen molar-refractivity contribution in [3.05, 3.63) is 71.3 Å². The number of carbonyl (C=O) groups is 1. The van der Waals surface area contributed by atoms with Gasteiger partial charge in [-0.25, -0.2) is 8.78 Å². The van der Waals surface area contributed by atoms with Crippen LogP contribution in [0.1, 0.15) is 22.8 Å². The molecule has 5 heteroatoms. The van der Waals surface area contributed by atoms with Gasteiger partial charge in [-0.1, -0.05) is 36.4 Å². The largest absolute Gasteiger partial charge is 0.394 e. The third-order valence-corrected chi connectivity index (χ3v) is 3.31. The van der Waals surface area contributed by atoms with Gasteiger partial charge in [-0.2, -0.15) is 0 Å². The molecule has 0 bridgehead atoms. The second kappa shape index (κ2) is 6.01. The van der Waals surface area contributed by atoms with Crippen LogP contribution in [0.15, 0.2) is 48.5 Å². The standard InChI is InChI=1S/C16H15F2NO2/c1-16(10-20,11-6-3-2-4-7-11)19-15(21)14-12(17)8-5-9-13(14)18/h2-9,20H,10H2,1H3,(H,19,21). The molecule has 110 valence electrons. The van der Waals surface area contributed by atoms with Crippen LogP contribution in [0.5, 0.6) is 0 Å². The normalized spacial score (nSPS) is 13.5. The Balaban J connectivity index is 2.33. The smallest absolute Gasteiger partial charge is 0.258 e. The van der Waals surface area contributed by atoms with Crippen LogP contribution in [0, 0.1) is 11.6 Å². The SMILES string of the molecule is CC(CO)(NC(=O)c1c(F)cccc1F)c1ccccc1. The summed E-state index contributed by atoms with van der Waals surface area (Å²) in [6, 6.07) is 11.9. The number of rotatable bonds is 4. The van der Waals surface area contributed by atoms with E-state index in [1.807, 2.05) is 0 Å². The summed E-state index contributed by atoms with van der Waals surface area (Å²) in [5, 5.41) is 12.1. The van der Waals surface area contributed by atoms with E-state index in [0.717, 1.165) is 12.1 Å². The van der Waals surface area contributed by atoms with Crippen molar-refractivity contribution in [2.24, 2.45) is 0 Å². The predicted octanol–water partition coefficient (Wildman–Crippen LogP) is 2.60. The maximum absolute atomic E-state index is 13.6. The van der Waals surface area contributed by atoms with Crippen molar-refractivity contribution < 1.29 is 18.7 Å². The van der Waals surface area contributed by atoms with Gasteiger partial charge in [-0.05, 0) is 24.6 Å². The molecule has 3 nitrogen and oxygen atoms in total. The molecule has 0 saturated carbocycles. The summed E-state index contributed by atoms with van der Waals surface area (Å²) in [5.41, 5.74) is -1.15. The van der Waals surface area contributed by atoms with E-state index in [1.54, 1.807) is 37.3 Å². The van der Waals surface area contributed by atoms with Crippen molar-refractivity contribution in [2.45, 2.75) is 12.5 Å². The molecule has 2 aromatic rings. The zero-order valence-electron chi connectivity index (χ0n) is 11.4. The highest BCUT2D eigenvalue weighted by molar-refractivity contribution is 5.95. The minimum Gasteiger partial charge on any atom is -0.394 e. The summed E-state index contributed by atoms with van der Waals surface area (Å²) in [6.45, 7) is 1.18. The monoisotopic (exact) mass is 291 g/mol. The van der Waals surface area contributed by atoms with Gasteiger partial charge in [0.1, 0.15) is 17.2 Å². The van der Waals surface area contributed by atoms with Crippen molar-refractivity contribution in [1.29, 1.82) is 0 Å². The van der Waals surface area contributed by atoms with Gasteiger partial charge < -0.3 is 10.4 Å². The van der Waals surface area contributed by atoms with E-state index in [2.05, 4.69) is 5.32 Å². The lowest BCUT2D eigenvalue weighted by molar-refractivity contribution is 0.0841. The summed E-state index contributed by atoms with van der Waals surface area (Å²) in [7, 11) is 0. The molecule has 2 N–H and O–H groups in total. The van der Waals surface area contributed by atoms with Crippen molar-refractivity contribution in [2.75, 3.05) is 6.61 Å². The van der Waals surface area contributed by atoms with Crippen LogP contribution in [0.2, 0.25) is 0 Å². The zero-order valence-corrected chi connectivity index (χ0v) is 11.4. The van der Waals surface area contributed by atoms with Gasteiger partial charge in [0.2, 0.25) is 0 Å². The molecule has 0 aliphatic heterocycles. The molecule has 0 spiro atoms. The third-order valence-electron chi connectivity index (χ3n) is 3.31. The van der Waals surface area contributed by atoms with Crippen LogP contribution >= 0.6 is 0 Å². The molecule has 21 heavy (non-hydrogen) atoms. The lowest BCUT2D eigenvalue weighted by Crippen LogP contribution is -2.46. The molecule has 0 heterocycles. The lowest BCUT2D eigenvalue weighted by Gasteiger charge is -2.29. The maximum atomic E-state index is 13.6. The number of nitrogens with one attached hydrogen (secondary N) is 1. The van der Waals surface area contributed by atoms with E-state index in [1.165, 1.54) is 6.07 Å². The quantitative estimate of drug-likeness (QED) is 0.909. The number of hydrogen-bond donors (Lipinski definition) is 2. The number of aliphatic hydroxyl groups is 1. The van der Waals surface area contributed by atoms with E-state index >= 15 is 0 Å². The molecular formula is C16H15F2NO2. The summed E-state index contributed by atoms with van der Waals surface area (Å²) < 4.78 is 27.2. The number of amides is 1. The van der Waals surface area contributed by atoms with Gasteiger partial charge in [0.15, 0.2) is 0 Å². The zero-order chi connectivity index (χ0) is 15.5. The second-order valence-corrected chi connectivity index (χ2v) is 4.91. The average molecular weight is 291 g/mol. The number of aliphatic hydroxyl groups excluding tert-OH is 1. The molecule has 0 fully saturated rings. The van der Waals surface area contributed by atoms with Crippen molar-refractivity contribution in [3.8, 4) is 0 Å². The summed E-state index contributed by atoms with van der Waals surface area (Å²) in [6.07, 6.45) is 0. The Hall–Kier alpha value is -2.27. The van der Waals surface area contributed by atoms with Crippen LogP contribution in [0.4, 0.5) is 8.78 Å². The van der Waals surface area contributed by atoms with Gasteiger partial charge in [-0.3, -0.25) is 4.79 Å².